The van der Waals surface area contributed by atoms with Crippen LogP contribution in [0.2, 0.25) is 0 Å². The second kappa shape index (κ2) is 4.74. The van der Waals surface area contributed by atoms with Gasteiger partial charge < -0.3 is 15.4 Å². The molecule has 0 heterocycles. The molecule has 0 aliphatic heterocycles. The molecule has 0 spiro atoms. The Morgan fingerprint density at radius 3 is 2.81 bits per heavy atom. The first kappa shape index (κ1) is 11.3. The average molecular weight is 220 g/mol. The maximum absolute atomic E-state index is 6.14. The lowest BCUT2D eigenvalue weighted by Gasteiger charge is -2.26. The van der Waals surface area contributed by atoms with E-state index >= 15 is 0 Å². The highest BCUT2D eigenvalue weighted by atomic mass is 16.5. The summed E-state index contributed by atoms with van der Waals surface area (Å²) in [7, 11) is 1.74. The van der Waals surface area contributed by atoms with Crippen molar-refractivity contribution < 1.29 is 4.74 Å². The first-order valence-electron chi connectivity index (χ1n) is 5.84. The summed E-state index contributed by atoms with van der Waals surface area (Å²) in [5, 5.41) is 0. The summed E-state index contributed by atoms with van der Waals surface area (Å²) in [6, 6.07) is 6.90. The normalized spacial score (nSPS) is 15.1. The molecular weight excluding hydrogens is 200 g/mol. The van der Waals surface area contributed by atoms with Crippen LogP contribution < -0.4 is 10.6 Å². The number of para-hydroxylation sites is 1. The minimum Gasteiger partial charge on any atom is -0.397 e. The summed E-state index contributed by atoms with van der Waals surface area (Å²) in [6.45, 7) is 3.74. The van der Waals surface area contributed by atoms with Crippen molar-refractivity contribution >= 4 is 11.4 Å². The maximum Gasteiger partial charge on any atom is 0.0637 e. The third-order valence-corrected chi connectivity index (χ3v) is 3.13. The summed E-state index contributed by atoms with van der Waals surface area (Å²) < 4.78 is 5.16. The Morgan fingerprint density at radius 2 is 2.19 bits per heavy atom. The molecule has 0 aromatic heterocycles. The minimum absolute atomic E-state index is 0.666. The van der Waals surface area contributed by atoms with Crippen molar-refractivity contribution in [1.29, 1.82) is 0 Å². The lowest BCUT2D eigenvalue weighted by atomic mass is 10.1. The fourth-order valence-electron chi connectivity index (χ4n) is 1.99. The molecule has 1 aliphatic rings. The van der Waals surface area contributed by atoms with E-state index < -0.39 is 0 Å². The lowest BCUT2D eigenvalue weighted by molar-refractivity contribution is 0.205. The summed E-state index contributed by atoms with van der Waals surface area (Å²) in [5.74, 6) is 0. The fraction of sp³-hybridized carbons (Fsp3) is 0.538. The van der Waals surface area contributed by atoms with Gasteiger partial charge in [0.25, 0.3) is 0 Å². The van der Waals surface area contributed by atoms with E-state index in [4.69, 9.17) is 10.5 Å². The van der Waals surface area contributed by atoms with Crippen LogP contribution in [0.15, 0.2) is 18.2 Å². The van der Waals surface area contributed by atoms with E-state index in [1.165, 1.54) is 18.5 Å². The number of aryl methyl sites for hydroxylation is 1. The Bertz CT molecular complexity index is 361. The highest BCUT2D eigenvalue weighted by molar-refractivity contribution is 5.71. The van der Waals surface area contributed by atoms with Gasteiger partial charge in [-0.15, -0.1) is 0 Å². The summed E-state index contributed by atoms with van der Waals surface area (Å²) in [5.41, 5.74) is 9.37. The molecule has 0 amide bonds. The second-order valence-electron chi connectivity index (χ2n) is 4.43. The van der Waals surface area contributed by atoms with Crippen molar-refractivity contribution in [3.8, 4) is 0 Å². The Morgan fingerprint density at radius 1 is 1.44 bits per heavy atom. The zero-order valence-corrected chi connectivity index (χ0v) is 10.1. The molecule has 3 heteroatoms. The van der Waals surface area contributed by atoms with Gasteiger partial charge in [0.2, 0.25) is 0 Å². The molecule has 1 aliphatic carbocycles. The van der Waals surface area contributed by atoms with Crippen molar-refractivity contribution in [2.75, 3.05) is 30.9 Å². The first-order chi connectivity index (χ1) is 7.74. The van der Waals surface area contributed by atoms with Crippen molar-refractivity contribution in [3.05, 3.63) is 23.8 Å². The average Bonchev–Trinajstić information content (AvgIpc) is 3.08. The molecule has 3 nitrogen and oxygen atoms in total. The standard InChI is InChI=1S/C13H20N2O/c1-10-4-3-5-12(13(10)14)15(8-9-16-2)11-6-7-11/h3-5,11H,6-9,14H2,1-2H3. The largest absolute Gasteiger partial charge is 0.397 e. The van der Waals surface area contributed by atoms with Crippen molar-refractivity contribution in [1.82, 2.24) is 0 Å². The monoisotopic (exact) mass is 220 g/mol. The van der Waals surface area contributed by atoms with Crippen LogP contribution in [0.3, 0.4) is 0 Å². The van der Waals surface area contributed by atoms with E-state index in [1.807, 2.05) is 0 Å². The molecule has 1 aromatic rings. The number of hydrogen-bond acceptors (Lipinski definition) is 3. The van der Waals surface area contributed by atoms with Gasteiger partial charge in [-0.2, -0.15) is 0 Å². The lowest BCUT2D eigenvalue weighted by Crippen LogP contribution is -2.30. The topological polar surface area (TPSA) is 38.5 Å². The van der Waals surface area contributed by atoms with Crippen molar-refractivity contribution in [3.63, 3.8) is 0 Å². The molecule has 0 saturated heterocycles. The van der Waals surface area contributed by atoms with Crippen LogP contribution in [-0.4, -0.2) is 26.3 Å². The number of ether oxygens (including phenoxy) is 1. The predicted molar refractivity (Wildman–Crippen MR) is 67.8 cm³/mol. The maximum atomic E-state index is 6.14. The van der Waals surface area contributed by atoms with E-state index in [-0.39, 0.29) is 0 Å². The van der Waals surface area contributed by atoms with Crippen LogP contribution in [-0.2, 0) is 4.74 Å². The van der Waals surface area contributed by atoms with Gasteiger partial charge in [0.15, 0.2) is 0 Å². The van der Waals surface area contributed by atoms with Gasteiger partial charge in [0, 0.05) is 19.7 Å². The third kappa shape index (κ3) is 2.30. The number of anilines is 2. The van der Waals surface area contributed by atoms with Gasteiger partial charge in [0.05, 0.1) is 18.0 Å². The number of rotatable bonds is 5. The van der Waals surface area contributed by atoms with Gasteiger partial charge in [0.1, 0.15) is 0 Å². The molecule has 0 radical (unpaired) electrons. The summed E-state index contributed by atoms with van der Waals surface area (Å²) in [4.78, 5) is 2.38. The number of nitrogen functional groups attached to an aromatic ring is 1. The molecule has 2 rings (SSSR count). The minimum atomic E-state index is 0.666. The fourth-order valence-corrected chi connectivity index (χ4v) is 1.99. The van der Waals surface area contributed by atoms with Crippen LogP contribution in [0.5, 0.6) is 0 Å². The van der Waals surface area contributed by atoms with Gasteiger partial charge in [-0.1, -0.05) is 12.1 Å². The first-order valence-corrected chi connectivity index (χ1v) is 5.84. The summed E-state index contributed by atoms with van der Waals surface area (Å²) in [6.07, 6.45) is 2.55. The van der Waals surface area contributed by atoms with Crippen LogP contribution in [0, 0.1) is 6.92 Å². The van der Waals surface area contributed by atoms with E-state index in [9.17, 15) is 0 Å². The van der Waals surface area contributed by atoms with Crippen LogP contribution in [0.1, 0.15) is 18.4 Å². The zero-order chi connectivity index (χ0) is 11.5. The van der Waals surface area contributed by atoms with Crippen LogP contribution >= 0.6 is 0 Å². The molecule has 88 valence electrons. The quantitative estimate of drug-likeness (QED) is 0.773. The molecule has 1 aromatic carbocycles. The van der Waals surface area contributed by atoms with Gasteiger partial charge >= 0.3 is 0 Å². The molecule has 1 fully saturated rings. The Balaban J connectivity index is 2.20. The zero-order valence-electron chi connectivity index (χ0n) is 10.1. The number of nitrogens with two attached hydrogens (primary N) is 1. The van der Waals surface area contributed by atoms with E-state index in [0.29, 0.717) is 6.04 Å². The van der Waals surface area contributed by atoms with Crippen LogP contribution in [0.25, 0.3) is 0 Å². The third-order valence-electron chi connectivity index (χ3n) is 3.13. The van der Waals surface area contributed by atoms with Crippen molar-refractivity contribution in [2.24, 2.45) is 0 Å². The van der Waals surface area contributed by atoms with E-state index in [2.05, 4.69) is 30.0 Å². The van der Waals surface area contributed by atoms with Crippen LogP contribution in [0.4, 0.5) is 11.4 Å². The van der Waals surface area contributed by atoms with E-state index in [1.54, 1.807) is 7.11 Å². The SMILES string of the molecule is COCCN(c1cccc(C)c1N)C1CC1. The molecule has 0 bridgehead atoms. The number of methoxy groups -OCH3 is 1. The van der Waals surface area contributed by atoms with Gasteiger partial charge in [-0.3, -0.25) is 0 Å². The second-order valence-corrected chi connectivity index (χ2v) is 4.43. The molecule has 0 unspecified atom stereocenters. The number of nitrogens with zero attached hydrogens (tertiary/aromatic N) is 1. The molecule has 16 heavy (non-hydrogen) atoms. The smallest absolute Gasteiger partial charge is 0.0637 e. The molecular formula is C13H20N2O. The predicted octanol–water partition coefficient (Wildman–Crippen LogP) is 2.19. The van der Waals surface area contributed by atoms with E-state index in [0.717, 1.165) is 24.4 Å². The highest BCUT2D eigenvalue weighted by Crippen LogP contribution is 2.35. The Kier molecular flexibility index (Phi) is 3.34. The highest BCUT2D eigenvalue weighted by Gasteiger charge is 2.29. The number of benzene rings is 1. The summed E-state index contributed by atoms with van der Waals surface area (Å²) >= 11 is 0. The molecule has 0 atom stereocenters. The number of hydrogen-bond donors (Lipinski definition) is 1. The Labute approximate surface area is 97.2 Å². The molecule has 1 saturated carbocycles. The molecule has 2 N–H and O–H groups in total. The van der Waals surface area contributed by atoms with Crippen molar-refractivity contribution in [2.45, 2.75) is 25.8 Å². The Hall–Kier alpha value is -1.22. The van der Waals surface area contributed by atoms with Gasteiger partial charge in [-0.05, 0) is 31.4 Å². The van der Waals surface area contributed by atoms with Gasteiger partial charge in [-0.25, -0.2) is 0 Å².